The first-order valence-corrected chi connectivity index (χ1v) is 8.12. The molecule has 1 aromatic carbocycles. The van der Waals surface area contributed by atoms with E-state index in [-0.39, 0.29) is 0 Å². The lowest BCUT2D eigenvalue weighted by Gasteiger charge is -2.27. The lowest BCUT2D eigenvalue weighted by Crippen LogP contribution is -2.42. The van der Waals surface area contributed by atoms with Gasteiger partial charge in [0.2, 0.25) is 0 Å². The van der Waals surface area contributed by atoms with Gasteiger partial charge in [0, 0.05) is 31.1 Å². The summed E-state index contributed by atoms with van der Waals surface area (Å²) in [6.07, 6.45) is 0.889. The highest BCUT2D eigenvalue weighted by Crippen LogP contribution is 2.19. The summed E-state index contributed by atoms with van der Waals surface area (Å²) in [7, 11) is 1.70. The first-order valence-electron chi connectivity index (χ1n) is 6.97. The molecule has 0 aromatic heterocycles. The number of rotatable bonds is 4. The van der Waals surface area contributed by atoms with Gasteiger partial charge in [0.25, 0.3) is 0 Å². The Morgan fingerprint density at radius 1 is 1.40 bits per heavy atom. The molecule has 0 unspecified atom stereocenters. The van der Waals surface area contributed by atoms with E-state index in [0.717, 1.165) is 48.9 Å². The Kier molecular flexibility index (Phi) is 5.59. The zero-order valence-corrected chi connectivity index (χ0v) is 13.1. The van der Waals surface area contributed by atoms with Crippen LogP contribution >= 0.6 is 11.8 Å². The number of guanidine groups is 1. The van der Waals surface area contributed by atoms with E-state index in [0.29, 0.717) is 5.96 Å². The van der Waals surface area contributed by atoms with Gasteiger partial charge in [0.1, 0.15) is 5.75 Å². The van der Waals surface area contributed by atoms with E-state index in [4.69, 9.17) is 10.5 Å². The maximum absolute atomic E-state index is 6.03. The molecule has 2 rings (SSSR count). The molecule has 1 aliphatic rings. The summed E-state index contributed by atoms with van der Waals surface area (Å²) in [6, 6.07) is 6.29. The van der Waals surface area contributed by atoms with E-state index in [1.165, 1.54) is 5.56 Å². The van der Waals surface area contributed by atoms with Crippen molar-refractivity contribution in [2.45, 2.75) is 13.3 Å². The van der Waals surface area contributed by atoms with Gasteiger partial charge in [-0.05, 0) is 30.5 Å². The Hall–Kier alpha value is -1.36. The first-order chi connectivity index (χ1) is 9.70. The molecular weight excluding hydrogens is 270 g/mol. The fourth-order valence-corrected chi connectivity index (χ4v) is 3.12. The van der Waals surface area contributed by atoms with Gasteiger partial charge in [-0.15, -0.1) is 0 Å². The van der Waals surface area contributed by atoms with Crippen LogP contribution in [0.15, 0.2) is 23.2 Å². The molecule has 1 aliphatic heterocycles. The van der Waals surface area contributed by atoms with Crippen molar-refractivity contribution in [3.05, 3.63) is 29.3 Å². The molecule has 4 nitrogen and oxygen atoms in total. The van der Waals surface area contributed by atoms with Gasteiger partial charge in [-0.1, -0.05) is 12.1 Å². The molecule has 5 heteroatoms. The van der Waals surface area contributed by atoms with Crippen molar-refractivity contribution >= 4 is 17.7 Å². The molecule has 0 amide bonds. The Morgan fingerprint density at radius 2 is 2.15 bits per heavy atom. The molecule has 110 valence electrons. The fraction of sp³-hybridized carbons (Fsp3) is 0.533. The minimum atomic E-state index is 0.685. The normalized spacial score (nSPS) is 16.3. The standard InChI is InChI=1S/C15H23N3OS/c1-12-3-4-13(11-14(12)19-2)5-6-17-15(16)18-7-9-20-10-8-18/h3-4,11H,5-10H2,1-2H3,(H2,16,17). The van der Waals surface area contributed by atoms with Crippen LogP contribution in [0, 0.1) is 6.92 Å². The first kappa shape index (κ1) is 15.0. The summed E-state index contributed by atoms with van der Waals surface area (Å²) in [5.41, 5.74) is 8.43. The van der Waals surface area contributed by atoms with Crippen molar-refractivity contribution in [3.8, 4) is 5.75 Å². The molecule has 0 bridgehead atoms. The van der Waals surface area contributed by atoms with Gasteiger partial charge in [-0.25, -0.2) is 0 Å². The Morgan fingerprint density at radius 3 is 2.85 bits per heavy atom. The summed E-state index contributed by atoms with van der Waals surface area (Å²) < 4.78 is 5.34. The van der Waals surface area contributed by atoms with Crippen LogP contribution in [-0.4, -0.2) is 49.1 Å². The molecule has 1 aromatic rings. The van der Waals surface area contributed by atoms with E-state index in [2.05, 4.69) is 28.1 Å². The number of aryl methyl sites for hydroxylation is 1. The van der Waals surface area contributed by atoms with Gasteiger partial charge in [0.05, 0.1) is 7.11 Å². The number of nitrogens with zero attached hydrogens (tertiary/aromatic N) is 2. The largest absolute Gasteiger partial charge is 0.496 e. The lowest BCUT2D eigenvalue weighted by atomic mass is 10.1. The molecule has 1 heterocycles. The second kappa shape index (κ2) is 7.43. The molecule has 20 heavy (non-hydrogen) atoms. The average molecular weight is 293 g/mol. The number of benzene rings is 1. The highest BCUT2D eigenvalue weighted by atomic mass is 32.2. The zero-order chi connectivity index (χ0) is 14.4. The Bertz CT molecular complexity index is 470. The van der Waals surface area contributed by atoms with Gasteiger partial charge in [0.15, 0.2) is 5.96 Å². The highest BCUT2D eigenvalue weighted by Gasteiger charge is 2.11. The van der Waals surface area contributed by atoms with E-state index in [9.17, 15) is 0 Å². The number of methoxy groups -OCH3 is 1. The maximum Gasteiger partial charge on any atom is 0.191 e. The Labute approximate surface area is 125 Å². The second-order valence-electron chi connectivity index (χ2n) is 4.89. The Balaban J connectivity index is 1.88. The monoisotopic (exact) mass is 293 g/mol. The van der Waals surface area contributed by atoms with Gasteiger partial charge in [-0.2, -0.15) is 11.8 Å². The summed E-state index contributed by atoms with van der Waals surface area (Å²) in [5, 5.41) is 0. The van der Waals surface area contributed by atoms with Crippen molar-refractivity contribution in [1.82, 2.24) is 4.90 Å². The van der Waals surface area contributed by atoms with Crippen LogP contribution in [0.25, 0.3) is 0 Å². The van der Waals surface area contributed by atoms with Crippen LogP contribution in [0.3, 0.4) is 0 Å². The SMILES string of the molecule is COc1cc(CCN=C(N)N2CCSCC2)ccc1C. The van der Waals surface area contributed by atoms with Gasteiger partial charge < -0.3 is 15.4 Å². The molecular formula is C15H23N3OS. The molecule has 2 N–H and O–H groups in total. The van der Waals surface area contributed by atoms with Crippen LogP contribution in [-0.2, 0) is 6.42 Å². The van der Waals surface area contributed by atoms with Gasteiger partial charge >= 0.3 is 0 Å². The molecule has 0 radical (unpaired) electrons. The molecule has 0 atom stereocenters. The minimum Gasteiger partial charge on any atom is -0.496 e. The molecule has 1 fully saturated rings. The average Bonchev–Trinajstić information content (AvgIpc) is 2.49. The van der Waals surface area contributed by atoms with E-state index in [1.807, 2.05) is 18.7 Å². The molecule has 0 saturated carbocycles. The summed E-state index contributed by atoms with van der Waals surface area (Å²) in [5.74, 6) is 3.91. The van der Waals surface area contributed by atoms with Crippen molar-refractivity contribution in [1.29, 1.82) is 0 Å². The van der Waals surface area contributed by atoms with Crippen LogP contribution in [0.4, 0.5) is 0 Å². The predicted molar refractivity (Wildman–Crippen MR) is 86.8 cm³/mol. The minimum absolute atomic E-state index is 0.685. The molecule has 0 spiro atoms. The van der Waals surface area contributed by atoms with Crippen LogP contribution < -0.4 is 10.5 Å². The summed E-state index contributed by atoms with van der Waals surface area (Å²) in [6.45, 7) is 4.80. The topological polar surface area (TPSA) is 50.9 Å². The number of aliphatic imine (C=N–C) groups is 1. The third-order valence-corrected chi connectivity index (χ3v) is 4.42. The zero-order valence-electron chi connectivity index (χ0n) is 12.3. The maximum atomic E-state index is 6.03. The van der Waals surface area contributed by atoms with E-state index < -0.39 is 0 Å². The van der Waals surface area contributed by atoms with Crippen molar-refractivity contribution in [2.75, 3.05) is 38.2 Å². The quantitative estimate of drug-likeness (QED) is 0.680. The number of thioether (sulfide) groups is 1. The molecule has 0 aliphatic carbocycles. The molecule has 1 saturated heterocycles. The highest BCUT2D eigenvalue weighted by molar-refractivity contribution is 7.99. The van der Waals surface area contributed by atoms with Crippen LogP contribution in [0.2, 0.25) is 0 Å². The lowest BCUT2D eigenvalue weighted by molar-refractivity contribution is 0.411. The summed E-state index contributed by atoms with van der Waals surface area (Å²) >= 11 is 1.98. The smallest absolute Gasteiger partial charge is 0.191 e. The second-order valence-corrected chi connectivity index (χ2v) is 6.12. The predicted octanol–water partition coefficient (Wildman–Crippen LogP) is 1.91. The van der Waals surface area contributed by atoms with Crippen LogP contribution in [0.5, 0.6) is 5.75 Å². The van der Waals surface area contributed by atoms with Crippen molar-refractivity contribution in [2.24, 2.45) is 10.7 Å². The van der Waals surface area contributed by atoms with Gasteiger partial charge in [-0.3, -0.25) is 4.99 Å². The van der Waals surface area contributed by atoms with Crippen molar-refractivity contribution in [3.63, 3.8) is 0 Å². The third-order valence-electron chi connectivity index (χ3n) is 3.48. The fourth-order valence-electron chi connectivity index (χ4n) is 2.21. The number of hydrogen-bond acceptors (Lipinski definition) is 3. The number of ether oxygens (including phenoxy) is 1. The number of nitrogens with two attached hydrogens (primary N) is 1. The van der Waals surface area contributed by atoms with Crippen molar-refractivity contribution < 1.29 is 4.74 Å². The number of hydrogen-bond donors (Lipinski definition) is 1. The summed E-state index contributed by atoms with van der Waals surface area (Å²) in [4.78, 5) is 6.66. The van der Waals surface area contributed by atoms with E-state index >= 15 is 0 Å². The third kappa shape index (κ3) is 4.07. The van der Waals surface area contributed by atoms with Crippen LogP contribution in [0.1, 0.15) is 11.1 Å². The van der Waals surface area contributed by atoms with E-state index in [1.54, 1.807) is 7.11 Å².